The van der Waals surface area contributed by atoms with Gasteiger partial charge in [-0.2, -0.15) is 0 Å². The molecular formula is C59H111N4O10+. The third kappa shape index (κ3) is 37.4. The highest BCUT2D eigenvalue weighted by atomic mass is 16.6. The van der Waals surface area contributed by atoms with Crippen LogP contribution in [0.2, 0.25) is 0 Å². The van der Waals surface area contributed by atoms with Crippen LogP contribution in [0.3, 0.4) is 0 Å². The largest absolute Gasteiger partial charge is 0.466 e. The quantitative estimate of drug-likeness (QED) is 0.0267. The van der Waals surface area contributed by atoms with E-state index in [4.69, 9.17) is 23.7 Å². The Labute approximate surface area is 445 Å². The number of hydrogen-bond acceptors (Lipinski definition) is 12. The SMILES string of the molecule is CCCCCCCCCCCOC(=O)CCCCCN1C[C@@H](OC(=O)CCN2CC[C@@H](OC(=O)C[N+](C)(C)C)C2)C[C@H]1NC(=O)OCCCCCCCC(=O)OC(CCCCCCCC)CCCCCCCC. The Bertz CT molecular complexity index is 1410. The summed E-state index contributed by atoms with van der Waals surface area (Å²) in [5.41, 5.74) is 0. The summed E-state index contributed by atoms with van der Waals surface area (Å²) in [6.07, 6.45) is 35.6. The molecule has 0 aromatic rings. The third-order valence-corrected chi connectivity index (χ3v) is 14.4. The van der Waals surface area contributed by atoms with E-state index in [1.54, 1.807) is 0 Å². The molecule has 0 aromatic carbocycles. The molecule has 2 aliphatic rings. The Morgan fingerprint density at radius 3 is 1.58 bits per heavy atom. The first-order chi connectivity index (χ1) is 35.3. The van der Waals surface area contributed by atoms with Gasteiger partial charge in [-0.05, 0) is 64.2 Å². The number of ether oxygens (including phenoxy) is 5. The van der Waals surface area contributed by atoms with Gasteiger partial charge >= 0.3 is 30.0 Å². The zero-order valence-corrected chi connectivity index (χ0v) is 47.8. The molecule has 73 heavy (non-hydrogen) atoms. The minimum atomic E-state index is -0.485. The number of amides is 1. The first-order valence-corrected chi connectivity index (χ1v) is 30.3. The molecule has 2 heterocycles. The highest BCUT2D eigenvalue weighted by Gasteiger charge is 2.36. The Kier molecular flexibility index (Phi) is 39.1. The van der Waals surface area contributed by atoms with E-state index in [1.165, 1.54) is 109 Å². The Balaban J connectivity index is 1.74. The van der Waals surface area contributed by atoms with Crippen LogP contribution in [0.15, 0.2) is 0 Å². The molecule has 0 radical (unpaired) electrons. The van der Waals surface area contributed by atoms with E-state index in [9.17, 15) is 24.0 Å². The molecular weight excluding hydrogens is 925 g/mol. The molecule has 1 amide bonds. The predicted octanol–water partition coefficient (Wildman–Crippen LogP) is 12.8. The molecule has 0 spiro atoms. The molecule has 0 bridgehead atoms. The number of carbonyl (C=O) groups excluding carboxylic acids is 5. The zero-order valence-electron chi connectivity index (χ0n) is 47.8. The fourth-order valence-corrected chi connectivity index (χ4v) is 10.0. The summed E-state index contributed by atoms with van der Waals surface area (Å²) in [5.74, 6) is -0.692. The molecule has 14 nitrogen and oxygen atoms in total. The fourth-order valence-electron chi connectivity index (χ4n) is 10.0. The standard InChI is InChI=1S/C59H110N4O10/c1-7-10-13-16-19-20-21-26-34-45-69-55(64)38-32-28-33-42-62-49-53(73-57(66)41-44-61-43-40-52(48-61)72-58(67)50-63(4,5)6)47-54(62)60-59(68)70-46-35-27-22-25-31-39-56(65)71-51(36-29-23-17-14-11-8-2)37-30-24-18-15-12-9-3/h51-54H,7-50H2,1-6H3/p+1/t52-,53+,54+/m1/s1. The van der Waals surface area contributed by atoms with E-state index < -0.39 is 6.09 Å². The average molecular weight is 1040 g/mol. The van der Waals surface area contributed by atoms with Gasteiger partial charge in [0.25, 0.3) is 0 Å². The molecule has 426 valence electrons. The maximum atomic E-state index is 13.1. The molecule has 0 saturated carbocycles. The summed E-state index contributed by atoms with van der Waals surface area (Å²) in [6.45, 7) is 10.9. The van der Waals surface area contributed by atoms with Crippen LogP contribution in [0.4, 0.5) is 4.79 Å². The lowest BCUT2D eigenvalue weighted by Crippen LogP contribution is -2.44. The van der Waals surface area contributed by atoms with Crippen LogP contribution in [0.25, 0.3) is 0 Å². The van der Waals surface area contributed by atoms with Crippen molar-refractivity contribution in [3.63, 3.8) is 0 Å². The average Bonchev–Trinajstić information content (AvgIpc) is 3.95. The normalized spacial score (nSPS) is 17.3. The van der Waals surface area contributed by atoms with Gasteiger partial charge in [-0.25, -0.2) is 9.59 Å². The van der Waals surface area contributed by atoms with Crippen molar-refractivity contribution in [2.24, 2.45) is 0 Å². The molecule has 3 atom stereocenters. The number of likely N-dealkylation sites (N-methyl/N-ethyl adjacent to an activating group) is 1. The first kappa shape index (κ1) is 66.1. The fraction of sp³-hybridized carbons (Fsp3) is 0.915. The smallest absolute Gasteiger partial charge is 0.408 e. The van der Waals surface area contributed by atoms with Gasteiger partial charge in [0.15, 0.2) is 6.54 Å². The minimum absolute atomic E-state index is 0.0460. The van der Waals surface area contributed by atoms with Crippen LogP contribution < -0.4 is 5.32 Å². The van der Waals surface area contributed by atoms with Gasteiger partial charge in [0.2, 0.25) is 0 Å². The lowest BCUT2D eigenvalue weighted by molar-refractivity contribution is -0.862. The molecule has 2 rings (SSSR count). The van der Waals surface area contributed by atoms with Crippen LogP contribution in [0.1, 0.15) is 252 Å². The van der Waals surface area contributed by atoms with E-state index in [-0.39, 0.29) is 54.8 Å². The summed E-state index contributed by atoms with van der Waals surface area (Å²) in [7, 11) is 5.87. The van der Waals surface area contributed by atoms with Crippen LogP contribution in [0, 0.1) is 0 Å². The third-order valence-electron chi connectivity index (χ3n) is 14.4. The van der Waals surface area contributed by atoms with Crippen LogP contribution in [-0.4, -0.2) is 142 Å². The molecule has 2 aliphatic heterocycles. The summed E-state index contributed by atoms with van der Waals surface area (Å²) in [5, 5.41) is 3.04. The topological polar surface area (TPSA) is 150 Å². The van der Waals surface area contributed by atoms with Crippen molar-refractivity contribution in [2.45, 2.75) is 276 Å². The van der Waals surface area contributed by atoms with Crippen LogP contribution in [-0.2, 0) is 42.9 Å². The van der Waals surface area contributed by atoms with Crippen molar-refractivity contribution in [3.05, 3.63) is 0 Å². The van der Waals surface area contributed by atoms with E-state index >= 15 is 0 Å². The molecule has 0 unspecified atom stereocenters. The Morgan fingerprint density at radius 1 is 0.507 bits per heavy atom. The minimum Gasteiger partial charge on any atom is -0.466 e. The molecule has 2 fully saturated rings. The molecule has 0 aliphatic carbocycles. The number of nitrogens with zero attached hydrogens (tertiary/aromatic N) is 3. The number of esters is 4. The second-order valence-corrected chi connectivity index (χ2v) is 22.6. The molecule has 14 heteroatoms. The summed E-state index contributed by atoms with van der Waals surface area (Å²) in [6, 6.07) is 0. The highest BCUT2D eigenvalue weighted by molar-refractivity contribution is 5.71. The van der Waals surface area contributed by atoms with E-state index in [0.717, 1.165) is 103 Å². The monoisotopic (exact) mass is 1040 g/mol. The number of likely N-dealkylation sites (tertiary alicyclic amines) is 2. The van der Waals surface area contributed by atoms with Gasteiger partial charge in [-0.15, -0.1) is 0 Å². The van der Waals surface area contributed by atoms with Crippen LogP contribution in [0.5, 0.6) is 0 Å². The molecule has 1 N–H and O–H groups in total. The second-order valence-electron chi connectivity index (χ2n) is 22.6. The number of unbranched alkanes of at least 4 members (excludes halogenated alkanes) is 24. The van der Waals surface area contributed by atoms with Crippen molar-refractivity contribution < 1.29 is 52.1 Å². The Hall–Kier alpha value is -2.97. The van der Waals surface area contributed by atoms with Gasteiger partial charge in [0.05, 0.1) is 46.9 Å². The summed E-state index contributed by atoms with van der Waals surface area (Å²) >= 11 is 0. The van der Waals surface area contributed by atoms with Crippen molar-refractivity contribution in [2.75, 3.05) is 73.6 Å². The van der Waals surface area contributed by atoms with Crippen molar-refractivity contribution in [1.29, 1.82) is 0 Å². The van der Waals surface area contributed by atoms with E-state index in [2.05, 4.69) is 35.9 Å². The number of alkyl carbamates (subject to hydrolysis) is 1. The van der Waals surface area contributed by atoms with Gasteiger partial charge in [0, 0.05) is 52.0 Å². The highest BCUT2D eigenvalue weighted by Crippen LogP contribution is 2.23. The lowest BCUT2D eigenvalue weighted by atomic mass is 10.0. The number of quaternary nitrogens is 1. The van der Waals surface area contributed by atoms with Gasteiger partial charge < -0.3 is 33.5 Å². The van der Waals surface area contributed by atoms with Gasteiger partial charge in [-0.3, -0.25) is 24.2 Å². The number of rotatable bonds is 47. The van der Waals surface area contributed by atoms with Crippen molar-refractivity contribution in [1.82, 2.24) is 15.1 Å². The number of carbonyl (C=O) groups is 5. The summed E-state index contributed by atoms with van der Waals surface area (Å²) in [4.78, 5) is 68.1. The van der Waals surface area contributed by atoms with Gasteiger partial charge in [0.1, 0.15) is 18.3 Å². The summed E-state index contributed by atoms with van der Waals surface area (Å²) < 4.78 is 29.3. The Morgan fingerprint density at radius 2 is 1.00 bits per heavy atom. The maximum absolute atomic E-state index is 13.1. The molecule has 0 aromatic heterocycles. The van der Waals surface area contributed by atoms with E-state index in [0.29, 0.717) is 69.7 Å². The first-order valence-electron chi connectivity index (χ1n) is 30.3. The van der Waals surface area contributed by atoms with Crippen molar-refractivity contribution in [3.8, 4) is 0 Å². The number of hydrogen-bond donors (Lipinski definition) is 1. The van der Waals surface area contributed by atoms with E-state index in [1.807, 2.05) is 21.1 Å². The number of nitrogens with one attached hydrogen (secondary N) is 1. The zero-order chi connectivity index (χ0) is 53.2. The van der Waals surface area contributed by atoms with Crippen molar-refractivity contribution >= 4 is 30.0 Å². The second kappa shape index (κ2) is 43.2. The maximum Gasteiger partial charge on any atom is 0.408 e. The van der Waals surface area contributed by atoms with Gasteiger partial charge in [-0.1, -0.05) is 162 Å². The lowest BCUT2D eigenvalue weighted by Gasteiger charge is -2.24. The molecule has 2 saturated heterocycles. The van der Waals surface area contributed by atoms with Crippen LogP contribution >= 0.6 is 0 Å². The predicted molar refractivity (Wildman–Crippen MR) is 293 cm³/mol.